The highest BCUT2D eigenvalue weighted by atomic mass is 19.3. The summed E-state index contributed by atoms with van der Waals surface area (Å²) < 4.78 is 45.4. The summed E-state index contributed by atoms with van der Waals surface area (Å²) in [5, 5.41) is 22.4. The number of benzene rings is 3. The maximum Gasteiger partial charge on any atom is 0.264 e. The number of anilines is 3. The van der Waals surface area contributed by atoms with E-state index in [2.05, 4.69) is 75.7 Å². The molecule has 6 aliphatic rings. The summed E-state index contributed by atoms with van der Waals surface area (Å²) in [6, 6.07) is 19.6. The second-order valence-electron chi connectivity index (χ2n) is 22.7. The number of carbonyl (C=O) groups is 2. The van der Waals surface area contributed by atoms with Gasteiger partial charge in [0.2, 0.25) is 5.91 Å². The fraction of sp³-hybridized carbons (Fsp3) is 0.518. The van der Waals surface area contributed by atoms with E-state index >= 15 is 0 Å². The zero-order valence-electron chi connectivity index (χ0n) is 42.6. The summed E-state index contributed by atoms with van der Waals surface area (Å²) in [6.45, 7) is 16.0. The van der Waals surface area contributed by atoms with E-state index in [4.69, 9.17) is 14.6 Å². The minimum Gasteiger partial charge on any atom is -0.495 e. The molecule has 2 saturated carbocycles. The number of nitrogens with zero attached hydrogens (tertiary/aromatic N) is 9. The van der Waals surface area contributed by atoms with Gasteiger partial charge in [-0.05, 0) is 104 Å². The van der Waals surface area contributed by atoms with Crippen LogP contribution in [0, 0.1) is 27.6 Å². The molecular formula is C56H66F2N10O4. The second-order valence-corrected chi connectivity index (χ2v) is 22.7. The molecule has 14 nitrogen and oxygen atoms in total. The Morgan fingerprint density at radius 2 is 1.68 bits per heavy atom. The van der Waals surface area contributed by atoms with Crippen LogP contribution in [0.15, 0.2) is 67.0 Å². The molecule has 72 heavy (non-hydrogen) atoms. The zero-order valence-corrected chi connectivity index (χ0v) is 42.6. The molecule has 4 aliphatic heterocycles. The summed E-state index contributed by atoms with van der Waals surface area (Å²) in [5.74, 6) is 1.83. The highest BCUT2D eigenvalue weighted by Gasteiger charge is 2.64. The third-order valence-electron chi connectivity index (χ3n) is 17.4. The van der Waals surface area contributed by atoms with Gasteiger partial charge in [0.25, 0.3) is 12.3 Å². The number of amides is 2. The number of hydrogen-bond acceptors (Lipinski definition) is 10. The zero-order chi connectivity index (χ0) is 50.4. The quantitative estimate of drug-likeness (QED) is 0.137. The molecule has 16 heteroatoms. The van der Waals surface area contributed by atoms with E-state index in [1.807, 2.05) is 23.1 Å². The maximum atomic E-state index is 14.8. The monoisotopic (exact) mass is 981 g/mol. The van der Waals surface area contributed by atoms with E-state index in [0.717, 1.165) is 99.4 Å². The summed E-state index contributed by atoms with van der Waals surface area (Å²) in [7, 11) is 3.33. The van der Waals surface area contributed by atoms with Gasteiger partial charge in [-0.2, -0.15) is 15.5 Å². The minimum atomic E-state index is -2.65. The van der Waals surface area contributed by atoms with Crippen molar-refractivity contribution in [2.24, 2.45) is 23.3 Å². The van der Waals surface area contributed by atoms with Crippen molar-refractivity contribution >= 4 is 29.0 Å². The predicted molar refractivity (Wildman–Crippen MR) is 271 cm³/mol. The Balaban J connectivity index is 0.701. The van der Waals surface area contributed by atoms with E-state index < -0.39 is 6.43 Å². The van der Waals surface area contributed by atoms with Gasteiger partial charge in [-0.15, -0.1) is 0 Å². The molecule has 2 amide bonds. The number of aromatic nitrogens is 4. The Bertz CT molecular complexity index is 2940. The lowest BCUT2D eigenvalue weighted by atomic mass is 9.49. The van der Waals surface area contributed by atoms with Crippen LogP contribution in [-0.2, 0) is 31.2 Å². The number of carbonyl (C=O) groups excluding carboxylic acids is 2. The summed E-state index contributed by atoms with van der Waals surface area (Å²) >= 11 is 0. The van der Waals surface area contributed by atoms with Crippen molar-refractivity contribution in [1.82, 2.24) is 34.7 Å². The van der Waals surface area contributed by atoms with Gasteiger partial charge >= 0.3 is 0 Å². The van der Waals surface area contributed by atoms with Gasteiger partial charge in [-0.25, -0.2) is 8.78 Å². The van der Waals surface area contributed by atoms with E-state index in [-0.39, 0.29) is 46.4 Å². The Kier molecular flexibility index (Phi) is 11.9. The number of likely N-dealkylation sites (tertiary alicyclic amines) is 1. The molecule has 2 aliphatic carbocycles. The fourth-order valence-electron chi connectivity index (χ4n) is 13.6. The number of hydrogen-bond donors (Lipinski definition) is 1. The Morgan fingerprint density at radius 3 is 2.33 bits per heavy atom. The van der Waals surface area contributed by atoms with Crippen LogP contribution in [0.2, 0.25) is 0 Å². The number of nitrogens with one attached hydrogen (secondary N) is 1. The van der Waals surface area contributed by atoms with Crippen molar-refractivity contribution in [2.75, 3.05) is 56.2 Å². The Hall–Kier alpha value is -6.47. The molecule has 1 spiro atoms. The first-order valence-electron chi connectivity index (χ1n) is 25.7. The van der Waals surface area contributed by atoms with Crippen LogP contribution in [0.4, 0.5) is 26.0 Å². The van der Waals surface area contributed by atoms with Crippen LogP contribution >= 0.6 is 0 Å². The number of fused-ring (bicyclic) bond motifs is 2. The van der Waals surface area contributed by atoms with Crippen molar-refractivity contribution in [1.29, 1.82) is 5.26 Å². The lowest BCUT2D eigenvalue weighted by Gasteiger charge is -2.63. The first-order chi connectivity index (χ1) is 34.5. The standard InChI is InChI=1S/C56H66F2N10O4/c1-34(69)64-22-18-46-45(31-64)50(67-21-8-9-36-23-43(38-27-60-63(6)28-38)44(49(57)58)25-47(36)67)62-68(46)40-16-19-56(20-17-40)32-66(33-56)41-29-65(30-41)39-13-10-35(11-14-39)51(70)61-52-54(2,3)53(55(52,4)5)72-42-15-12-37(26-59)48(24-42)71-7/h10-15,23-25,27-28,40-41,49,52-53H,8-9,16-22,29-33H2,1-7H3,(H,61,70). The average molecular weight is 981 g/mol. The lowest BCUT2D eigenvalue weighted by Crippen LogP contribution is -2.74. The average Bonchev–Trinajstić information content (AvgIpc) is 3.96. The topological polar surface area (TPSA) is 137 Å². The highest BCUT2D eigenvalue weighted by molar-refractivity contribution is 5.95. The van der Waals surface area contributed by atoms with Gasteiger partial charge in [0.05, 0.1) is 31.5 Å². The fourth-order valence-corrected chi connectivity index (χ4v) is 13.6. The largest absolute Gasteiger partial charge is 0.495 e. The third-order valence-corrected chi connectivity index (χ3v) is 17.4. The molecule has 3 aromatic carbocycles. The molecule has 0 unspecified atom stereocenters. The minimum absolute atomic E-state index is 0.00518. The summed E-state index contributed by atoms with van der Waals surface area (Å²) in [4.78, 5) is 35.5. The van der Waals surface area contributed by atoms with Crippen molar-refractivity contribution < 1.29 is 27.8 Å². The maximum absolute atomic E-state index is 14.8. The third kappa shape index (κ3) is 8.15. The molecule has 0 bridgehead atoms. The van der Waals surface area contributed by atoms with Gasteiger partial charge in [0.15, 0.2) is 5.82 Å². The molecule has 11 rings (SSSR count). The smallest absolute Gasteiger partial charge is 0.264 e. The van der Waals surface area contributed by atoms with Crippen LogP contribution in [0.25, 0.3) is 11.1 Å². The lowest BCUT2D eigenvalue weighted by molar-refractivity contribution is -0.164. The normalized spacial score (nSPS) is 22.3. The molecule has 2 aromatic heterocycles. The number of methoxy groups -OCH3 is 1. The molecule has 378 valence electrons. The van der Waals surface area contributed by atoms with E-state index in [1.165, 1.54) is 12.8 Å². The van der Waals surface area contributed by atoms with Gasteiger partial charge in [0.1, 0.15) is 23.7 Å². The van der Waals surface area contributed by atoms with E-state index in [1.54, 1.807) is 55.3 Å². The van der Waals surface area contributed by atoms with Crippen molar-refractivity contribution in [3.05, 3.63) is 101 Å². The molecule has 0 atom stereocenters. The molecule has 6 heterocycles. The van der Waals surface area contributed by atoms with E-state index in [9.17, 15) is 23.6 Å². The van der Waals surface area contributed by atoms with Crippen LogP contribution in [-0.4, -0.2) is 106 Å². The molecule has 0 radical (unpaired) electrons. The van der Waals surface area contributed by atoms with Crippen LogP contribution in [0.1, 0.15) is 117 Å². The molecule has 2 saturated heterocycles. The van der Waals surface area contributed by atoms with Crippen molar-refractivity contribution in [2.45, 2.75) is 117 Å². The van der Waals surface area contributed by atoms with Crippen molar-refractivity contribution in [3.8, 4) is 28.7 Å². The molecule has 1 N–H and O–H groups in total. The summed E-state index contributed by atoms with van der Waals surface area (Å²) in [5.41, 5.74) is 7.05. The number of rotatable bonds is 11. The van der Waals surface area contributed by atoms with Gasteiger partial charge in [0, 0.05) is 134 Å². The number of ether oxygens (including phenoxy) is 2. The van der Waals surface area contributed by atoms with Crippen LogP contribution in [0.5, 0.6) is 11.5 Å². The van der Waals surface area contributed by atoms with E-state index in [0.29, 0.717) is 64.8 Å². The van der Waals surface area contributed by atoms with Gasteiger partial charge in [-0.1, -0.05) is 27.7 Å². The number of aryl methyl sites for hydroxylation is 2. The van der Waals surface area contributed by atoms with Gasteiger partial charge in [-0.3, -0.25) is 23.9 Å². The molecular weight excluding hydrogens is 915 g/mol. The highest BCUT2D eigenvalue weighted by Crippen LogP contribution is 2.56. The molecule has 4 fully saturated rings. The summed E-state index contributed by atoms with van der Waals surface area (Å²) in [6.07, 6.45) is 7.32. The first kappa shape index (κ1) is 47.8. The predicted octanol–water partition coefficient (Wildman–Crippen LogP) is 9.01. The van der Waals surface area contributed by atoms with Crippen LogP contribution < -0.4 is 24.6 Å². The molecule has 5 aromatic rings. The number of halogens is 2. The Labute approximate surface area is 420 Å². The first-order valence-corrected chi connectivity index (χ1v) is 25.7. The number of alkyl halides is 2. The van der Waals surface area contributed by atoms with Gasteiger partial charge < -0.3 is 29.5 Å². The second kappa shape index (κ2) is 17.9. The number of nitriles is 1. The Morgan fingerprint density at radius 1 is 0.944 bits per heavy atom. The van der Waals surface area contributed by atoms with Crippen molar-refractivity contribution in [3.63, 3.8) is 0 Å². The van der Waals surface area contributed by atoms with Crippen LogP contribution in [0.3, 0.4) is 0 Å². The SMILES string of the molecule is COc1cc(OC2C(C)(C)C(NC(=O)c3ccc(N4CC(N5CC6(CCC(n7nc(N8CCCc9cc(-c%10cnn(C)c%10)c(C(F)F)cc98)c8c7CCN(C(C)=O)C8)CC6)C5)C4)cc3)C2(C)C)ccc1C#N.